The topological polar surface area (TPSA) is 78.9 Å². The minimum absolute atomic E-state index is 0.226. The fourth-order valence-corrected chi connectivity index (χ4v) is 1.51. The molecule has 0 saturated heterocycles. The van der Waals surface area contributed by atoms with E-state index >= 15 is 0 Å². The van der Waals surface area contributed by atoms with E-state index in [0.717, 1.165) is 0 Å². The third-order valence-corrected chi connectivity index (χ3v) is 2.57. The smallest absolute Gasteiger partial charge is 0.326 e. The summed E-state index contributed by atoms with van der Waals surface area (Å²) in [5, 5.41) is 11.6. The minimum Gasteiger partial charge on any atom is -0.480 e. The van der Waals surface area contributed by atoms with E-state index in [-0.39, 0.29) is 13.0 Å². The standard InChI is InChI=1S/C13H24N2O4/c1-6-8-15(13(2,3)4)12(18)14-10(11(16)17)7-9-19-5/h6,10H,1,7-9H2,2-5H3,(H,14,18)(H,16,17). The summed E-state index contributed by atoms with van der Waals surface area (Å²) in [6.07, 6.45) is 1.83. The van der Waals surface area contributed by atoms with Gasteiger partial charge in [0, 0.05) is 32.2 Å². The average molecular weight is 272 g/mol. The molecule has 0 aromatic carbocycles. The van der Waals surface area contributed by atoms with Crippen LogP contribution in [0.5, 0.6) is 0 Å². The molecule has 6 nitrogen and oxygen atoms in total. The lowest BCUT2D eigenvalue weighted by atomic mass is 10.1. The number of nitrogens with one attached hydrogen (secondary N) is 1. The number of hydrogen-bond acceptors (Lipinski definition) is 3. The van der Waals surface area contributed by atoms with Gasteiger partial charge in [0.2, 0.25) is 0 Å². The molecule has 0 aromatic rings. The lowest BCUT2D eigenvalue weighted by Gasteiger charge is -2.35. The van der Waals surface area contributed by atoms with E-state index in [1.807, 2.05) is 20.8 Å². The predicted octanol–water partition coefficient (Wildman–Crippen LogP) is 1.47. The number of amides is 2. The molecule has 0 spiro atoms. The summed E-state index contributed by atoms with van der Waals surface area (Å²) in [6.45, 7) is 9.86. The Labute approximate surface area is 114 Å². The molecule has 0 aromatic heterocycles. The molecule has 0 heterocycles. The molecule has 1 atom stereocenters. The Morgan fingerprint density at radius 2 is 2.05 bits per heavy atom. The van der Waals surface area contributed by atoms with Crippen LogP contribution in [0.25, 0.3) is 0 Å². The van der Waals surface area contributed by atoms with Crippen molar-refractivity contribution in [3.8, 4) is 0 Å². The van der Waals surface area contributed by atoms with Gasteiger partial charge in [-0.2, -0.15) is 0 Å². The van der Waals surface area contributed by atoms with Crippen molar-refractivity contribution in [2.24, 2.45) is 0 Å². The van der Waals surface area contributed by atoms with Crippen LogP contribution in [-0.2, 0) is 9.53 Å². The number of hydrogen-bond donors (Lipinski definition) is 2. The van der Waals surface area contributed by atoms with Gasteiger partial charge in [-0.1, -0.05) is 6.08 Å². The predicted molar refractivity (Wildman–Crippen MR) is 73.1 cm³/mol. The number of carbonyl (C=O) groups is 2. The van der Waals surface area contributed by atoms with Crippen molar-refractivity contribution in [3.63, 3.8) is 0 Å². The van der Waals surface area contributed by atoms with Crippen molar-refractivity contribution in [3.05, 3.63) is 12.7 Å². The molecule has 1 unspecified atom stereocenters. The molecule has 0 radical (unpaired) electrons. The van der Waals surface area contributed by atoms with Crippen molar-refractivity contribution in [1.29, 1.82) is 0 Å². The van der Waals surface area contributed by atoms with Gasteiger partial charge in [-0.25, -0.2) is 9.59 Å². The Balaban J connectivity index is 4.75. The summed E-state index contributed by atoms with van der Waals surface area (Å²) in [4.78, 5) is 24.7. The van der Waals surface area contributed by atoms with Gasteiger partial charge in [0.15, 0.2) is 0 Å². The molecule has 2 amide bonds. The maximum atomic E-state index is 12.1. The maximum absolute atomic E-state index is 12.1. The highest BCUT2D eigenvalue weighted by molar-refractivity contribution is 5.83. The Kier molecular flexibility index (Phi) is 7.14. The molecule has 2 N–H and O–H groups in total. The maximum Gasteiger partial charge on any atom is 0.326 e. The highest BCUT2D eigenvalue weighted by atomic mass is 16.5. The molecule has 0 aliphatic carbocycles. The summed E-state index contributed by atoms with van der Waals surface area (Å²) < 4.78 is 4.83. The number of methoxy groups -OCH3 is 1. The summed E-state index contributed by atoms with van der Waals surface area (Å²) in [5.41, 5.74) is -0.414. The van der Waals surface area contributed by atoms with E-state index in [1.54, 1.807) is 6.08 Å². The SMILES string of the molecule is C=CCN(C(=O)NC(CCOC)C(=O)O)C(C)(C)C. The van der Waals surface area contributed by atoms with Crippen LogP contribution in [0, 0.1) is 0 Å². The second-order valence-corrected chi connectivity index (χ2v) is 5.19. The van der Waals surface area contributed by atoms with Gasteiger partial charge in [-0.3, -0.25) is 0 Å². The number of carbonyl (C=O) groups excluding carboxylic acids is 1. The first kappa shape index (κ1) is 17.4. The molecular formula is C13H24N2O4. The molecule has 0 rings (SSSR count). The lowest BCUT2D eigenvalue weighted by Crippen LogP contribution is -2.54. The van der Waals surface area contributed by atoms with Gasteiger partial charge >= 0.3 is 12.0 Å². The summed E-state index contributed by atoms with van der Waals surface area (Å²) in [5.74, 6) is -1.07. The highest BCUT2D eigenvalue weighted by Gasteiger charge is 2.28. The second kappa shape index (κ2) is 7.78. The quantitative estimate of drug-likeness (QED) is 0.688. The zero-order valence-corrected chi connectivity index (χ0v) is 12.1. The number of nitrogens with zero attached hydrogens (tertiary/aromatic N) is 1. The molecule has 0 saturated carbocycles. The third kappa shape index (κ3) is 6.24. The van der Waals surface area contributed by atoms with Crippen LogP contribution in [0.15, 0.2) is 12.7 Å². The Morgan fingerprint density at radius 1 is 1.47 bits per heavy atom. The van der Waals surface area contributed by atoms with Gasteiger partial charge in [0.05, 0.1) is 0 Å². The van der Waals surface area contributed by atoms with Crippen LogP contribution in [0.1, 0.15) is 27.2 Å². The molecule has 0 aliphatic heterocycles. The zero-order valence-electron chi connectivity index (χ0n) is 12.1. The Bertz CT molecular complexity index is 323. The summed E-state index contributed by atoms with van der Waals surface area (Å²) in [6, 6.07) is -1.38. The monoisotopic (exact) mass is 272 g/mol. The first-order chi connectivity index (χ1) is 8.73. The number of aliphatic carboxylic acids is 1. The molecule has 0 fully saturated rings. The molecule has 6 heteroatoms. The van der Waals surface area contributed by atoms with Crippen molar-refractivity contribution in [2.75, 3.05) is 20.3 Å². The second-order valence-electron chi connectivity index (χ2n) is 5.19. The van der Waals surface area contributed by atoms with E-state index in [1.165, 1.54) is 12.0 Å². The normalized spacial score (nSPS) is 12.6. The lowest BCUT2D eigenvalue weighted by molar-refractivity contribution is -0.139. The fourth-order valence-electron chi connectivity index (χ4n) is 1.51. The van der Waals surface area contributed by atoms with Crippen LogP contribution in [0.3, 0.4) is 0 Å². The van der Waals surface area contributed by atoms with E-state index in [0.29, 0.717) is 6.54 Å². The van der Waals surface area contributed by atoms with E-state index in [9.17, 15) is 9.59 Å². The van der Waals surface area contributed by atoms with Crippen LogP contribution in [0.2, 0.25) is 0 Å². The van der Waals surface area contributed by atoms with Crippen LogP contribution < -0.4 is 5.32 Å². The van der Waals surface area contributed by atoms with E-state index < -0.39 is 23.6 Å². The van der Waals surface area contributed by atoms with Crippen molar-refractivity contribution in [1.82, 2.24) is 10.2 Å². The molecule has 110 valence electrons. The highest BCUT2D eigenvalue weighted by Crippen LogP contribution is 2.13. The summed E-state index contributed by atoms with van der Waals surface area (Å²) >= 11 is 0. The Morgan fingerprint density at radius 3 is 2.42 bits per heavy atom. The number of carboxylic acids is 1. The summed E-state index contributed by atoms with van der Waals surface area (Å²) in [7, 11) is 1.49. The van der Waals surface area contributed by atoms with Crippen molar-refractivity contribution < 1.29 is 19.4 Å². The largest absolute Gasteiger partial charge is 0.480 e. The van der Waals surface area contributed by atoms with Crippen molar-refractivity contribution in [2.45, 2.75) is 38.8 Å². The first-order valence-corrected chi connectivity index (χ1v) is 6.14. The number of rotatable bonds is 7. The average Bonchev–Trinajstić information content (AvgIpc) is 2.29. The zero-order chi connectivity index (χ0) is 15.1. The van der Waals surface area contributed by atoms with Gasteiger partial charge < -0.3 is 20.1 Å². The van der Waals surface area contributed by atoms with Crippen molar-refractivity contribution >= 4 is 12.0 Å². The van der Waals surface area contributed by atoms with Gasteiger partial charge in [-0.15, -0.1) is 6.58 Å². The molecule has 0 aliphatic rings. The number of ether oxygens (including phenoxy) is 1. The van der Waals surface area contributed by atoms with Gasteiger partial charge in [0.25, 0.3) is 0 Å². The molecule has 19 heavy (non-hydrogen) atoms. The van der Waals surface area contributed by atoms with E-state index in [2.05, 4.69) is 11.9 Å². The van der Waals surface area contributed by atoms with Crippen LogP contribution >= 0.6 is 0 Å². The minimum atomic E-state index is -1.07. The fraction of sp³-hybridized carbons (Fsp3) is 0.692. The first-order valence-electron chi connectivity index (χ1n) is 6.14. The van der Waals surface area contributed by atoms with Crippen LogP contribution in [0.4, 0.5) is 4.79 Å². The van der Waals surface area contributed by atoms with Crippen LogP contribution in [-0.4, -0.2) is 53.8 Å². The Hall–Kier alpha value is -1.56. The number of carboxylic acid groups (broad SMARTS) is 1. The van der Waals surface area contributed by atoms with Gasteiger partial charge in [-0.05, 0) is 20.8 Å². The third-order valence-electron chi connectivity index (χ3n) is 2.57. The molecular weight excluding hydrogens is 248 g/mol. The number of urea groups is 1. The molecule has 0 bridgehead atoms. The van der Waals surface area contributed by atoms with Gasteiger partial charge in [0.1, 0.15) is 6.04 Å². The van der Waals surface area contributed by atoms with E-state index in [4.69, 9.17) is 9.84 Å².